The van der Waals surface area contributed by atoms with Gasteiger partial charge in [0.25, 0.3) is 0 Å². The standard InChI is InChI=1S/C16H10Br2O2/c17-13(15(19)11-7-3-1-4-8-11)14(18)16(20)12-9-5-2-6-10-12/h1-10H. The van der Waals surface area contributed by atoms with E-state index < -0.39 is 0 Å². The third-order valence-electron chi connectivity index (χ3n) is 2.66. The minimum atomic E-state index is -0.234. The first-order valence-corrected chi connectivity index (χ1v) is 7.44. The molecule has 0 fully saturated rings. The number of Topliss-reactive ketones (excluding diaryl/α,β-unsaturated/α-hetero) is 2. The molecule has 0 radical (unpaired) electrons. The van der Waals surface area contributed by atoms with Crippen molar-refractivity contribution < 1.29 is 9.59 Å². The number of allylic oxidation sites excluding steroid dienone is 2. The lowest BCUT2D eigenvalue weighted by Gasteiger charge is -2.04. The predicted molar refractivity (Wildman–Crippen MR) is 86.4 cm³/mol. The number of ketones is 2. The van der Waals surface area contributed by atoms with Crippen LogP contribution in [0.4, 0.5) is 0 Å². The van der Waals surface area contributed by atoms with Crippen LogP contribution in [0.3, 0.4) is 0 Å². The van der Waals surface area contributed by atoms with E-state index in [9.17, 15) is 9.59 Å². The van der Waals surface area contributed by atoms with Gasteiger partial charge in [0, 0.05) is 11.1 Å². The van der Waals surface area contributed by atoms with Crippen LogP contribution in [0, 0.1) is 0 Å². The van der Waals surface area contributed by atoms with Crippen molar-refractivity contribution in [2.24, 2.45) is 0 Å². The van der Waals surface area contributed by atoms with Crippen LogP contribution in [0.15, 0.2) is 69.6 Å². The molecular weight excluding hydrogens is 384 g/mol. The molecule has 0 saturated heterocycles. The van der Waals surface area contributed by atoms with Crippen LogP contribution in [0.5, 0.6) is 0 Å². The van der Waals surface area contributed by atoms with Gasteiger partial charge >= 0.3 is 0 Å². The van der Waals surface area contributed by atoms with Crippen molar-refractivity contribution in [3.8, 4) is 0 Å². The Morgan fingerprint density at radius 2 is 0.900 bits per heavy atom. The first-order valence-electron chi connectivity index (χ1n) is 5.86. The van der Waals surface area contributed by atoms with Crippen molar-refractivity contribution in [2.75, 3.05) is 0 Å². The van der Waals surface area contributed by atoms with Crippen molar-refractivity contribution in [3.63, 3.8) is 0 Å². The molecule has 0 saturated carbocycles. The van der Waals surface area contributed by atoms with Crippen LogP contribution < -0.4 is 0 Å². The Bertz CT molecular complexity index is 602. The second-order valence-electron chi connectivity index (χ2n) is 4.02. The summed E-state index contributed by atoms with van der Waals surface area (Å²) in [6, 6.07) is 17.6. The molecule has 0 aliphatic rings. The Morgan fingerprint density at radius 3 is 1.20 bits per heavy atom. The molecule has 0 N–H and O–H groups in total. The monoisotopic (exact) mass is 392 g/mol. The van der Waals surface area contributed by atoms with E-state index in [1.165, 1.54) is 0 Å². The molecule has 0 amide bonds. The topological polar surface area (TPSA) is 34.1 Å². The van der Waals surface area contributed by atoms with Crippen molar-refractivity contribution in [3.05, 3.63) is 80.8 Å². The number of carbonyl (C=O) groups excluding carboxylic acids is 2. The van der Waals surface area contributed by atoms with Gasteiger partial charge in [-0.1, -0.05) is 60.7 Å². The quantitative estimate of drug-likeness (QED) is 0.554. The van der Waals surface area contributed by atoms with E-state index in [2.05, 4.69) is 31.9 Å². The maximum atomic E-state index is 12.2. The van der Waals surface area contributed by atoms with Gasteiger partial charge in [0.15, 0.2) is 0 Å². The second-order valence-corrected chi connectivity index (χ2v) is 5.60. The molecular formula is C16H10Br2O2. The molecule has 0 aromatic heterocycles. The SMILES string of the molecule is O=C(C(Br)=C(Br)C(=O)c1ccccc1)c1ccccc1. The molecule has 100 valence electrons. The Labute approximate surface area is 133 Å². The van der Waals surface area contributed by atoms with Crippen molar-refractivity contribution in [1.82, 2.24) is 0 Å². The lowest BCUT2D eigenvalue weighted by molar-refractivity contribution is 0.101. The number of rotatable bonds is 4. The molecule has 2 nitrogen and oxygen atoms in total. The molecule has 20 heavy (non-hydrogen) atoms. The van der Waals surface area contributed by atoms with E-state index in [0.717, 1.165) is 0 Å². The van der Waals surface area contributed by atoms with Gasteiger partial charge in [-0.05, 0) is 31.9 Å². The van der Waals surface area contributed by atoms with Crippen molar-refractivity contribution in [2.45, 2.75) is 0 Å². The molecule has 0 bridgehead atoms. The number of carbonyl (C=O) groups is 2. The fourth-order valence-corrected chi connectivity index (χ4v) is 2.45. The van der Waals surface area contributed by atoms with Crippen LogP contribution in [0.1, 0.15) is 20.7 Å². The predicted octanol–water partition coefficient (Wildman–Crippen LogP) is 4.75. The number of halogens is 2. The maximum Gasteiger partial charge on any atom is 0.201 e. The Morgan fingerprint density at radius 1 is 0.600 bits per heavy atom. The van der Waals surface area contributed by atoms with Gasteiger partial charge in [0.05, 0.1) is 8.96 Å². The van der Waals surface area contributed by atoms with E-state index in [4.69, 9.17) is 0 Å². The number of hydrogen-bond donors (Lipinski definition) is 0. The summed E-state index contributed by atoms with van der Waals surface area (Å²) in [4.78, 5) is 24.5. The average Bonchev–Trinajstić information content (AvgIpc) is 2.53. The van der Waals surface area contributed by atoms with Gasteiger partial charge < -0.3 is 0 Å². The highest BCUT2D eigenvalue weighted by atomic mass is 79.9. The molecule has 0 atom stereocenters. The fraction of sp³-hybridized carbons (Fsp3) is 0. The summed E-state index contributed by atoms with van der Waals surface area (Å²) in [5, 5.41) is 0. The van der Waals surface area contributed by atoms with Crippen LogP contribution in [0.25, 0.3) is 0 Å². The highest BCUT2D eigenvalue weighted by molar-refractivity contribution is 9.14. The average molecular weight is 394 g/mol. The van der Waals surface area contributed by atoms with Gasteiger partial charge in [-0.3, -0.25) is 9.59 Å². The largest absolute Gasteiger partial charge is 0.288 e. The Balaban J connectivity index is 2.32. The highest BCUT2D eigenvalue weighted by Gasteiger charge is 2.19. The van der Waals surface area contributed by atoms with Gasteiger partial charge in [-0.2, -0.15) is 0 Å². The molecule has 2 aromatic carbocycles. The summed E-state index contributed by atoms with van der Waals surface area (Å²) < 4.78 is 0.440. The fourth-order valence-electron chi connectivity index (χ4n) is 1.63. The minimum Gasteiger partial charge on any atom is -0.288 e. The highest BCUT2D eigenvalue weighted by Crippen LogP contribution is 2.25. The van der Waals surface area contributed by atoms with E-state index in [-0.39, 0.29) is 20.5 Å². The lowest BCUT2D eigenvalue weighted by atomic mass is 10.1. The molecule has 0 unspecified atom stereocenters. The Hall–Kier alpha value is -1.52. The van der Waals surface area contributed by atoms with E-state index >= 15 is 0 Å². The van der Waals surface area contributed by atoms with Gasteiger partial charge in [0.1, 0.15) is 0 Å². The van der Waals surface area contributed by atoms with Crippen molar-refractivity contribution in [1.29, 1.82) is 0 Å². The van der Waals surface area contributed by atoms with E-state index in [0.29, 0.717) is 11.1 Å². The molecule has 4 heteroatoms. The first-order chi connectivity index (χ1) is 9.61. The molecule has 0 aliphatic heterocycles. The maximum absolute atomic E-state index is 12.2. The first kappa shape index (κ1) is 14.9. The van der Waals surface area contributed by atoms with Crippen LogP contribution in [-0.4, -0.2) is 11.6 Å². The summed E-state index contributed by atoms with van der Waals surface area (Å²) in [7, 11) is 0. The zero-order valence-electron chi connectivity index (χ0n) is 10.3. The van der Waals surface area contributed by atoms with E-state index in [1.807, 2.05) is 12.1 Å². The summed E-state index contributed by atoms with van der Waals surface area (Å²) in [6.45, 7) is 0. The van der Waals surface area contributed by atoms with E-state index in [1.54, 1.807) is 48.5 Å². The Kier molecular flexibility index (Phi) is 5.04. The molecule has 2 rings (SSSR count). The lowest BCUT2D eigenvalue weighted by Crippen LogP contribution is -2.06. The minimum absolute atomic E-state index is 0.220. The summed E-state index contributed by atoms with van der Waals surface area (Å²) in [6.07, 6.45) is 0. The van der Waals surface area contributed by atoms with Gasteiger partial charge in [0.2, 0.25) is 11.6 Å². The third-order valence-corrected chi connectivity index (χ3v) is 4.71. The zero-order chi connectivity index (χ0) is 14.5. The second kappa shape index (κ2) is 6.77. The third kappa shape index (κ3) is 3.32. The normalized spacial score (nSPS) is 11.7. The number of benzene rings is 2. The van der Waals surface area contributed by atoms with Crippen molar-refractivity contribution >= 4 is 43.4 Å². The summed E-state index contributed by atoms with van der Waals surface area (Å²) >= 11 is 6.41. The van der Waals surface area contributed by atoms with Gasteiger partial charge in [-0.25, -0.2) is 0 Å². The van der Waals surface area contributed by atoms with Crippen LogP contribution in [0.2, 0.25) is 0 Å². The van der Waals surface area contributed by atoms with Crippen LogP contribution >= 0.6 is 31.9 Å². The van der Waals surface area contributed by atoms with Gasteiger partial charge in [-0.15, -0.1) is 0 Å². The summed E-state index contributed by atoms with van der Waals surface area (Å²) in [5.74, 6) is -0.469. The smallest absolute Gasteiger partial charge is 0.201 e. The summed E-state index contributed by atoms with van der Waals surface area (Å²) in [5.41, 5.74) is 1.05. The molecule has 0 aliphatic carbocycles. The molecule has 0 heterocycles. The molecule has 0 spiro atoms. The van der Waals surface area contributed by atoms with Crippen LogP contribution in [-0.2, 0) is 0 Å². The number of hydrogen-bond acceptors (Lipinski definition) is 2. The zero-order valence-corrected chi connectivity index (χ0v) is 13.5. The molecule has 2 aromatic rings.